The lowest BCUT2D eigenvalue weighted by atomic mass is 10.1. The maximum atomic E-state index is 12.4. The third kappa shape index (κ3) is 4.45. The lowest BCUT2D eigenvalue weighted by molar-refractivity contribution is -0.139. The molecule has 1 heterocycles. The van der Waals surface area contributed by atoms with Gasteiger partial charge in [-0.25, -0.2) is 4.79 Å². The maximum absolute atomic E-state index is 12.4. The number of carbonyl (C=O) groups is 3. The van der Waals surface area contributed by atoms with Crippen LogP contribution < -0.4 is 9.47 Å². The molecule has 1 aliphatic rings. The predicted octanol–water partition coefficient (Wildman–Crippen LogP) is 1.91. The summed E-state index contributed by atoms with van der Waals surface area (Å²) in [5.74, 6) is -1.63. The molecular formula is C17H17BrN2O6S. The SMILES string of the molecule is CCOc1cc(C=C2C(=O)N(C)C(=S)N(C)C2=O)c(Br)cc1OCC(=O)O. The summed E-state index contributed by atoms with van der Waals surface area (Å²) in [5.41, 5.74) is 0.434. The van der Waals surface area contributed by atoms with Gasteiger partial charge < -0.3 is 14.6 Å². The number of hydrogen-bond acceptors (Lipinski definition) is 6. The summed E-state index contributed by atoms with van der Waals surface area (Å²) in [4.78, 5) is 38.1. The minimum atomic E-state index is -1.12. The smallest absolute Gasteiger partial charge is 0.341 e. The van der Waals surface area contributed by atoms with Gasteiger partial charge in [-0.1, -0.05) is 15.9 Å². The second-order valence-corrected chi connectivity index (χ2v) is 6.72. The molecule has 2 rings (SSSR count). The first-order valence-electron chi connectivity index (χ1n) is 7.80. The number of likely N-dealkylation sites (N-methyl/N-ethyl adjacent to an activating group) is 2. The lowest BCUT2D eigenvalue weighted by Gasteiger charge is -2.31. The van der Waals surface area contributed by atoms with Crippen LogP contribution in [0.3, 0.4) is 0 Å². The Hall–Kier alpha value is -2.46. The summed E-state index contributed by atoms with van der Waals surface area (Å²) >= 11 is 8.41. The summed E-state index contributed by atoms with van der Waals surface area (Å²) in [5, 5.41) is 8.90. The molecule has 0 spiro atoms. The van der Waals surface area contributed by atoms with Crippen molar-refractivity contribution in [1.29, 1.82) is 0 Å². The van der Waals surface area contributed by atoms with Crippen molar-refractivity contribution in [2.24, 2.45) is 0 Å². The molecule has 1 aromatic rings. The highest BCUT2D eigenvalue weighted by Crippen LogP contribution is 2.35. The van der Waals surface area contributed by atoms with Crippen LogP contribution in [0.2, 0.25) is 0 Å². The van der Waals surface area contributed by atoms with Crippen LogP contribution in [-0.4, -0.2) is 65.1 Å². The van der Waals surface area contributed by atoms with Crippen LogP contribution in [0, 0.1) is 0 Å². The van der Waals surface area contributed by atoms with Crippen LogP contribution in [0.5, 0.6) is 11.5 Å². The van der Waals surface area contributed by atoms with Gasteiger partial charge in [0.05, 0.1) is 6.61 Å². The van der Waals surface area contributed by atoms with E-state index in [-0.39, 0.29) is 16.4 Å². The maximum Gasteiger partial charge on any atom is 0.341 e. The molecular weight excluding hydrogens is 440 g/mol. The quantitative estimate of drug-likeness (QED) is 0.396. The number of halogens is 1. The molecule has 2 amide bonds. The van der Waals surface area contributed by atoms with E-state index in [4.69, 9.17) is 26.8 Å². The number of amides is 2. The second kappa shape index (κ2) is 8.49. The standard InChI is InChI=1S/C17H17BrN2O6S/c1-4-25-12-6-9(11(18)7-13(12)26-8-14(21)22)5-10-15(23)19(2)17(27)20(3)16(10)24/h5-7H,4,8H2,1-3H3,(H,21,22). The number of aliphatic carboxylic acids is 1. The first-order valence-corrected chi connectivity index (χ1v) is 9.00. The Morgan fingerprint density at radius 2 is 1.74 bits per heavy atom. The van der Waals surface area contributed by atoms with Crippen molar-refractivity contribution in [1.82, 2.24) is 9.80 Å². The summed E-state index contributed by atoms with van der Waals surface area (Å²) in [6.45, 7) is 1.55. The van der Waals surface area contributed by atoms with Crippen LogP contribution in [0.4, 0.5) is 0 Å². The van der Waals surface area contributed by atoms with Crippen molar-refractivity contribution >= 4 is 57.1 Å². The number of thiocarbonyl (C=S) groups is 1. The summed E-state index contributed by atoms with van der Waals surface area (Å²) < 4.78 is 11.2. The molecule has 0 radical (unpaired) electrons. The molecule has 27 heavy (non-hydrogen) atoms. The van der Waals surface area contributed by atoms with E-state index in [0.29, 0.717) is 22.4 Å². The van der Waals surface area contributed by atoms with E-state index in [1.165, 1.54) is 36.0 Å². The van der Waals surface area contributed by atoms with Gasteiger partial charge >= 0.3 is 5.97 Å². The van der Waals surface area contributed by atoms with Crippen molar-refractivity contribution in [2.75, 3.05) is 27.3 Å². The highest BCUT2D eigenvalue weighted by Gasteiger charge is 2.35. The van der Waals surface area contributed by atoms with Gasteiger partial charge in [-0.05, 0) is 42.9 Å². The van der Waals surface area contributed by atoms with E-state index < -0.39 is 24.4 Å². The minimum Gasteiger partial charge on any atom is -0.490 e. The van der Waals surface area contributed by atoms with Crippen molar-refractivity contribution in [3.63, 3.8) is 0 Å². The highest BCUT2D eigenvalue weighted by molar-refractivity contribution is 9.10. The molecule has 0 aromatic heterocycles. The van der Waals surface area contributed by atoms with E-state index >= 15 is 0 Å². The largest absolute Gasteiger partial charge is 0.490 e. The Labute approximate surface area is 169 Å². The minimum absolute atomic E-state index is 0.0593. The Morgan fingerprint density at radius 1 is 1.19 bits per heavy atom. The van der Waals surface area contributed by atoms with Gasteiger partial charge in [-0.2, -0.15) is 0 Å². The molecule has 0 unspecified atom stereocenters. The van der Waals surface area contributed by atoms with Crippen LogP contribution in [0.15, 0.2) is 22.2 Å². The van der Waals surface area contributed by atoms with Gasteiger partial charge in [-0.15, -0.1) is 0 Å². The summed E-state index contributed by atoms with van der Waals surface area (Å²) in [6.07, 6.45) is 1.42. The molecule has 1 fully saturated rings. The van der Waals surface area contributed by atoms with E-state index in [1.54, 1.807) is 13.0 Å². The van der Waals surface area contributed by atoms with Crippen molar-refractivity contribution in [3.05, 3.63) is 27.7 Å². The third-order valence-electron chi connectivity index (χ3n) is 3.66. The second-order valence-electron chi connectivity index (χ2n) is 5.50. The third-order valence-corrected chi connectivity index (χ3v) is 4.89. The number of carbonyl (C=O) groups excluding carboxylic acids is 2. The average molecular weight is 457 g/mol. The molecule has 10 heteroatoms. The Morgan fingerprint density at radius 3 is 2.26 bits per heavy atom. The molecule has 8 nitrogen and oxygen atoms in total. The molecule has 1 saturated heterocycles. The average Bonchev–Trinajstić information content (AvgIpc) is 2.62. The number of carboxylic acid groups (broad SMARTS) is 1. The molecule has 1 aliphatic heterocycles. The van der Waals surface area contributed by atoms with Gasteiger partial charge in [0.1, 0.15) is 5.57 Å². The summed E-state index contributed by atoms with van der Waals surface area (Å²) in [6, 6.07) is 3.08. The molecule has 1 aromatic carbocycles. The van der Waals surface area contributed by atoms with Crippen LogP contribution in [0.1, 0.15) is 12.5 Å². The van der Waals surface area contributed by atoms with Gasteiger partial charge in [0.25, 0.3) is 11.8 Å². The van der Waals surface area contributed by atoms with E-state index in [0.717, 1.165) is 0 Å². The molecule has 0 atom stereocenters. The first kappa shape index (κ1) is 20.8. The number of rotatable bonds is 6. The van der Waals surface area contributed by atoms with Crippen LogP contribution in [-0.2, 0) is 14.4 Å². The molecule has 0 aliphatic carbocycles. The van der Waals surface area contributed by atoms with Crippen LogP contribution >= 0.6 is 28.1 Å². The molecule has 144 valence electrons. The van der Waals surface area contributed by atoms with Crippen LogP contribution in [0.25, 0.3) is 6.08 Å². The predicted molar refractivity (Wildman–Crippen MR) is 105 cm³/mol. The fourth-order valence-electron chi connectivity index (χ4n) is 2.31. The number of hydrogen-bond donors (Lipinski definition) is 1. The van der Waals surface area contributed by atoms with Gasteiger partial charge in [0.2, 0.25) is 0 Å². The Kier molecular flexibility index (Phi) is 6.55. The number of carboxylic acids is 1. The number of nitrogens with zero attached hydrogens (tertiary/aromatic N) is 2. The van der Waals surface area contributed by atoms with Gasteiger partial charge in [0.15, 0.2) is 23.2 Å². The zero-order valence-electron chi connectivity index (χ0n) is 14.8. The topological polar surface area (TPSA) is 96.4 Å². The molecule has 0 saturated carbocycles. The summed E-state index contributed by atoms with van der Waals surface area (Å²) in [7, 11) is 2.98. The molecule has 1 N–H and O–H groups in total. The number of benzene rings is 1. The van der Waals surface area contributed by atoms with E-state index in [2.05, 4.69) is 15.9 Å². The zero-order chi connectivity index (χ0) is 20.3. The fraction of sp³-hybridized carbons (Fsp3) is 0.294. The monoisotopic (exact) mass is 456 g/mol. The normalized spacial score (nSPS) is 14.5. The lowest BCUT2D eigenvalue weighted by Crippen LogP contribution is -2.52. The van der Waals surface area contributed by atoms with Crippen molar-refractivity contribution < 1.29 is 29.0 Å². The van der Waals surface area contributed by atoms with Gasteiger partial charge in [-0.3, -0.25) is 19.4 Å². The van der Waals surface area contributed by atoms with Gasteiger partial charge in [0, 0.05) is 18.6 Å². The molecule has 0 bridgehead atoms. The van der Waals surface area contributed by atoms with E-state index in [9.17, 15) is 14.4 Å². The zero-order valence-corrected chi connectivity index (χ0v) is 17.2. The first-order chi connectivity index (χ1) is 12.7. The van der Waals surface area contributed by atoms with Crippen molar-refractivity contribution in [2.45, 2.75) is 6.92 Å². The fourth-order valence-corrected chi connectivity index (χ4v) is 2.92. The van der Waals surface area contributed by atoms with E-state index in [1.807, 2.05) is 0 Å². The number of ether oxygens (including phenoxy) is 2. The Balaban J connectivity index is 2.48. The highest BCUT2D eigenvalue weighted by atomic mass is 79.9. The van der Waals surface area contributed by atoms with Crippen molar-refractivity contribution in [3.8, 4) is 11.5 Å². The Bertz CT molecular complexity index is 828.